The van der Waals surface area contributed by atoms with Crippen molar-refractivity contribution in [2.45, 2.75) is 0 Å². The zero-order valence-electron chi connectivity index (χ0n) is 8.28. The fourth-order valence-corrected chi connectivity index (χ4v) is 1.24. The van der Waals surface area contributed by atoms with Gasteiger partial charge >= 0.3 is 59.1 Å². The molecular weight excluding hydrogens is 198 g/mol. The average Bonchev–Trinajstić information content (AvgIpc) is 2.12. The van der Waals surface area contributed by atoms with Gasteiger partial charge in [0.25, 0.3) is 0 Å². The summed E-state index contributed by atoms with van der Waals surface area (Å²) >= 11 is 0. The first-order chi connectivity index (χ1) is 5.79. The fraction of sp³-hybridized carbons (Fsp3) is 0. The van der Waals surface area contributed by atoms with E-state index in [4.69, 9.17) is 0 Å². The van der Waals surface area contributed by atoms with Gasteiger partial charge in [0.15, 0.2) is 0 Å². The van der Waals surface area contributed by atoms with E-state index < -0.39 is 0 Å². The molecule has 0 heterocycles. The van der Waals surface area contributed by atoms with Crippen LogP contribution in [0, 0.1) is 0 Å². The standard InChI is InChI=1S/C10H8O2.2Na/c11-9-5-6-10(12)8-4-2-1-3-7(8)9;;/h1-6,11-12H;;/q;2*+1/p-2. The van der Waals surface area contributed by atoms with E-state index in [2.05, 4.69) is 0 Å². The summed E-state index contributed by atoms with van der Waals surface area (Å²) < 4.78 is 0. The molecule has 0 radical (unpaired) electrons. The summed E-state index contributed by atoms with van der Waals surface area (Å²) in [7, 11) is 0. The van der Waals surface area contributed by atoms with Crippen molar-refractivity contribution in [3.63, 3.8) is 0 Å². The predicted molar refractivity (Wildman–Crippen MR) is 42.8 cm³/mol. The van der Waals surface area contributed by atoms with Crippen molar-refractivity contribution < 1.29 is 69.3 Å². The van der Waals surface area contributed by atoms with E-state index in [0.29, 0.717) is 10.8 Å². The first kappa shape index (κ1) is 14.3. The van der Waals surface area contributed by atoms with E-state index in [9.17, 15) is 10.2 Å². The number of rotatable bonds is 0. The molecule has 0 atom stereocenters. The van der Waals surface area contributed by atoms with Crippen molar-refractivity contribution in [3.05, 3.63) is 36.4 Å². The second-order valence-electron chi connectivity index (χ2n) is 2.61. The average molecular weight is 204 g/mol. The second kappa shape index (κ2) is 6.01. The van der Waals surface area contributed by atoms with Gasteiger partial charge < -0.3 is 10.2 Å². The Morgan fingerprint density at radius 2 is 1.00 bits per heavy atom. The predicted octanol–water partition coefficient (Wildman–Crippen LogP) is -5.00. The molecular formula is C10H6Na2O2. The van der Waals surface area contributed by atoms with E-state index in [-0.39, 0.29) is 70.6 Å². The van der Waals surface area contributed by atoms with Crippen LogP contribution in [0.25, 0.3) is 10.8 Å². The van der Waals surface area contributed by atoms with Gasteiger partial charge in [0.05, 0.1) is 0 Å². The minimum atomic E-state index is -0.0924. The summed E-state index contributed by atoms with van der Waals surface area (Å²) in [6.45, 7) is 0. The molecule has 0 amide bonds. The Balaban J connectivity index is 0.000000845. The van der Waals surface area contributed by atoms with Gasteiger partial charge in [-0.05, 0) is 10.8 Å². The van der Waals surface area contributed by atoms with Gasteiger partial charge in [0.1, 0.15) is 0 Å². The molecule has 0 saturated carbocycles. The second-order valence-corrected chi connectivity index (χ2v) is 2.61. The van der Waals surface area contributed by atoms with Gasteiger partial charge in [-0.3, -0.25) is 0 Å². The molecule has 0 aliphatic rings. The van der Waals surface area contributed by atoms with Crippen molar-refractivity contribution in [1.29, 1.82) is 0 Å². The third kappa shape index (κ3) is 2.66. The van der Waals surface area contributed by atoms with Crippen LogP contribution in [-0.2, 0) is 0 Å². The molecule has 4 heteroatoms. The molecule has 0 aromatic heterocycles. The third-order valence-electron chi connectivity index (χ3n) is 1.84. The largest absolute Gasteiger partial charge is 1.00 e. The molecule has 0 spiro atoms. The molecule has 2 nitrogen and oxygen atoms in total. The first-order valence-corrected chi connectivity index (χ1v) is 3.65. The van der Waals surface area contributed by atoms with Crippen LogP contribution in [0.1, 0.15) is 0 Å². The molecule has 2 aromatic rings. The minimum Gasteiger partial charge on any atom is -0.872 e. The summed E-state index contributed by atoms with van der Waals surface area (Å²) in [4.78, 5) is 0. The summed E-state index contributed by atoms with van der Waals surface area (Å²) in [6.07, 6.45) is 0. The van der Waals surface area contributed by atoms with Gasteiger partial charge in [0.2, 0.25) is 0 Å². The Morgan fingerprint density at radius 3 is 1.36 bits per heavy atom. The van der Waals surface area contributed by atoms with E-state index >= 15 is 0 Å². The number of hydrogen-bond acceptors (Lipinski definition) is 2. The summed E-state index contributed by atoms with van der Waals surface area (Å²) in [5.74, 6) is -0.185. The van der Waals surface area contributed by atoms with Crippen LogP contribution >= 0.6 is 0 Å². The van der Waals surface area contributed by atoms with Gasteiger partial charge in [0, 0.05) is 0 Å². The quantitative estimate of drug-likeness (QED) is 0.403. The first-order valence-electron chi connectivity index (χ1n) is 3.65. The van der Waals surface area contributed by atoms with Crippen molar-refractivity contribution in [1.82, 2.24) is 0 Å². The zero-order chi connectivity index (χ0) is 8.55. The Hall–Kier alpha value is 0.300. The summed E-state index contributed by atoms with van der Waals surface area (Å²) in [5, 5.41) is 23.4. The molecule has 0 saturated heterocycles. The van der Waals surface area contributed by atoms with Gasteiger partial charge in [-0.15, -0.1) is 11.5 Å². The minimum absolute atomic E-state index is 0. The summed E-state index contributed by atoms with van der Waals surface area (Å²) in [5.41, 5.74) is 0. The van der Waals surface area contributed by atoms with Crippen molar-refractivity contribution >= 4 is 10.8 Å². The molecule has 60 valence electrons. The van der Waals surface area contributed by atoms with Gasteiger partial charge in [-0.1, -0.05) is 36.4 Å². The van der Waals surface area contributed by atoms with Gasteiger partial charge in [-0.25, -0.2) is 0 Å². The van der Waals surface area contributed by atoms with E-state index in [1.807, 2.05) is 0 Å². The fourth-order valence-electron chi connectivity index (χ4n) is 1.24. The van der Waals surface area contributed by atoms with Crippen molar-refractivity contribution in [3.8, 4) is 11.5 Å². The smallest absolute Gasteiger partial charge is 0.872 e. The van der Waals surface area contributed by atoms with Crippen LogP contribution in [-0.4, -0.2) is 0 Å². The van der Waals surface area contributed by atoms with Gasteiger partial charge in [-0.2, -0.15) is 0 Å². The molecule has 0 bridgehead atoms. The van der Waals surface area contributed by atoms with Crippen LogP contribution in [0.3, 0.4) is 0 Å². The van der Waals surface area contributed by atoms with Crippen LogP contribution in [0.5, 0.6) is 11.5 Å². The Morgan fingerprint density at radius 1 is 0.643 bits per heavy atom. The molecule has 0 fully saturated rings. The molecule has 2 aromatic carbocycles. The summed E-state index contributed by atoms with van der Waals surface area (Å²) in [6, 6.07) is 9.46. The SMILES string of the molecule is [Na+].[Na+].[O-]c1ccc([O-])c2ccccc12. The van der Waals surface area contributed by atoms with Crippen molar-refractivity contribution in [2.24, 2.45) is 0 Å². The van der Waals surface area contributed by atoms with Crippen LogP contribution in [0.2, 0.25) is 0 Å². The van der Waals surface area contributed by atoms with Crippen LogP contribution in [0.15, 0.2) is 36.4 Å². The number of fused-ring (bicyclic) bond motifs is 1. The normalized spacial score (nSPS) is 8.86. The molecule has 0 aliphatic carbocycles. The third-order valence-corrected chi connectivity index (χ3v) is 1.84. The molecule has 14 heavy (non-hydrogen) atoms. The molecule has 0 unspecified atom stereocenters. The number of benzene rings is 2. The monoisotopic (exact) mass is 204 g/mol. The maximum Gasteiger partial charge on any atom is 1.00 e. The molecule has 2 rings (SSSR count). The molecule has 0 aliphatic heterocycles. The number of hydrogen-bond donors (Lipinski definition) is 0. The maximum absolute atomic E-state index is 11.2. The Labute approximate surface area is 127 Å². The Bertz CT molecular complexity index is 389. The topological polar surface area (TPSA) is 46.1 Å². The van der Waals surface area contributed by atoms with E-state index in [0.717, 1.165) is 0 Å². The Kier molecular flexibility index (Phi) is 6.14. The molecule has 0 N–H and O–H groups in total. The van der Waals surface area contributed by atoms with Crippen LogP contribution < -0.4 is 69.3 Å². The zero-order valence-corrected chi connectivity index (χ0v) is 12.3. The maximum atomic E-state index is 11.2. The van der Waals surface area contributed by atoms with E-state index in [1.54, 1.807) is 24.3 Å². The van der Waals surface area contributed by atoms with Crippen LogP contribution in [0.4, 0.5) is 0 Å². The van der Waals surface area contributed by atoms with E-state index in [1.165, 1.54) is 12.1 Å². The van der Waals surface area contributed by atoms with Crippen molar-refractivity contribution in [2.75, 3.05) is 0 Å².